The van der Waals surface area contributed by atoms with Crippen molar-refractivity contribution in [3.05, 3.63) is 35.4 Å². The first-order valence-electron chi connectivity index (χ1n) is 5.69. The van der Waals surface area contributed by atoms with E-state index in [4.69, 9.17) is 9.05 Å². The molecule has 0 saturated heterocycles. The maximum absolute atomic E-state index is 12.2. The SMILES string of the molecule is CCOP(=O)(OCC)SCc1ccccc1C. The Morgan fingerprint density at radius 2 is 1.76 bits per heavy atom. The van der Waals surface area contributed by atoms with Crippen molar-refractivity contribution in [2.45, 2.75) is 26.5 Å². The second kappa shape index (κ2) is 7.22. The molecule has 0 spiro atoms. The zero-order valence-electron chi connectivity index (χ0n) is 10.5. The van der Waals surface area contributed by atoms with E-state index in [1.807, 2.05) is 45.0 Å². The molecule has 0 fully saturated rings. The summed E-state index contributed by atoms with van der Waals surface area (Å²) < 4.78 is 22.7. The van der Waals surface area contributed by atoms with E-state index in [1.165, 1.54) is 16.9 Å². The highest BCUT2D eigenvalue weighted by Crippen LogP contribution is 2.61. The van der Waals surface area contributed by atoms with Crippen LogP contribution in [-0.4, -0.2) is 13.2 Å². The minimum absolute atomic E-state index is 0.401. The first kappa shape index (κ1) is 14.8. The van der Waals surface area contributed by atoms with E-state index in [0.717, 1.165) is 5.56 Å². The van der Waals surface area contributed by atoms with Gasteiger partial charge in [-0.1, -0.05) is 24.3 Å². The summed E-state index contributed by atoms with van der Waals surface area (Å²) in [5.41, 5.74) is 2.36. The van der Waals surface area contributed by atoms with Crippen LogP contribution in [0.1, 0.15) is 25.0 Å². The Labute approximate surface area is 107 Å². The van der Waals surface area contributed by atoms with Gasteiger partial charge in [-0.3, -0.25) is 0 Å². The van der Waals surface area contributed by atoms with E-state index in [9.17, 15) is 4.57 Å². The first-order valence-corrected chi connectivity index (χ1v) is 8.82. The summed E-state index contributed by atoms with van der Waals surface area (Å²) in [6, 6.07) is 8.05. The summed E-state index contributed by atoms with van der Waals surface area (Å²) in [7, 11) is 0. The molecule has 0 atom stereocenters. The standard InChI is InChI=1S/C12H19O3PS/c1-4-14-16(13,15-5-2)17-10-12-9-7-6-8-11(12)3/h6-9H,4-5,10H2,1-3H3. The Morgan fingerprint density at radius 3 is 2.29 bits per heavy atom. The fourth-order valence-corrected chi connectivity index (χ4v) is 4.80. The summed E-state index contributed by atoms with van der Waals surface area (Å²) in [5.74, 6) is 0.643. The minimum atomic E-state index is -2.99. The third kappa shape index (κ3) is 4.84. The molecular weight excluding hydrogens is 255 g/mol. The Morgan fingerprint density at radius 1 is 1.18 bits per heavy atom. The van der Waals surface area contributed by atoms with Gasteiger partial charge in [-0.15, -0.1) is 0 Å². The van der Waals surface area contributed by atoms with Crippen molar-refractivity contribution >= 4 is 18.2 Å². The van der Waals surface area contributed by atoms with Gasteiger partial charge in [-0.2, -0.15) is 0 Å². The Bertz CT molecular complexity index is 385. The van der Waals surface area contributed by atoms with E-state index in [0.29, 0.717) is 19.0 Å². The molecule has 0 aliphatic rings. The van der Waals surface area contributed by atoms with Crippen LogP contribution in [0.25, 0.3) is 0 Å². The van der Waals surface area contributed by atoms with Crippen LogP contribution in [0.3, 0.4) is 0 Å². The molecule has 96 valence electrons. The summed E-state index contributed by atoms with van der Waals surface area (Å²) in [4.78, 5) is 0. The van der Waals surface area contributed by atoms with Crippen molar-refractivity contribution in [3.63, 3.8) is 0 Å². The summed E-state index contributed by atoms with van der Waals surface area (Å²) >= 11 is 1.25. The smallest absolute Gasteiger partial charge is 0.301 e. The van der Waals surface area contributed by atoms with Crippen LogP contribution < -0.4 is 0 Å². The number of hydrogen-bond donors (Lipinski definition) is 0. The molecule has 0 aliphatic heterocycles. The van der Waals surface area contributed by atoms with Gasteiger partial charge in [0.2, 0.25) is 0 Å². The fourth-order valence-electron chi connectivity index (χ4n) is 1.35. The van der Waals surface area contributed by atoms with E-state index < -0.39 is 6.80 Å². The molecule has 0 heterocycles. The van der Waals surface area contributed by atoms with Crippen molar-refractivity contribution in [2.75, 3.05) is 13.2 Å². The molecule has 1 aromatic carbocycles. The Balaban J connectivity index is 2.64. The third-order valence-corrected chi connectivity index (χ3v) is 6.09. The van der Waals surface area contributed by atoms with Gasteiger partial charge in [0.25, 0.3) is 0 Å². The molecule has 5 heteroatoms. The maximum Gasteiger partial charge on any atom is 0.389 e. The zero-order chi connectivity index (χ0) is 12.7. The van der Waals surface area contributed by atoms with Gasteiger partial charge in [0.1, 0.15) is 0 Å². The Kier molecular flexibility index (Phi) is 6.28. The zero-order valence-corrected chi connectivity index (χ0v) is 12.2. The van der Waals surface area contributed by atoms with Crippen LogP contribution in [-0.2, 0) is 19.4 Å². The lowest BCUT2D eigenvalue weighted by molar-refractivity contribution is 0.237. The van der Waals surface area contributed by atoms with Crippen LogP contribution >= 0.6 is 18.2 Å². The second-order valence-corrected chi connectivity index (χ2v) is 7.56. The lowest BCUT2D eigenvalue weighted by Gasteiger charge is -2.16. The summed E-state index contributed by atoms with van der Waals surface area (Å²) in [5, 5.41) is 0. The largest absolute Gasteiger partial charge is 0.389 e. The predicted molar refractivity (Wildman–Crippen MR) is 73.3 cm³/mol. The molecule has 0 saturated carbocycles. The van der Waals surface area contributed by atoms with Gasteiger partial charge < -0.3 is 9.05 Å². The van der Waals surface area contributed by atoms with Gasteiger partial charge in [0, 0.05) is 5.75 Å². The van der Waals surface area contributed by atoms with Gasteiger partial charge in [-0.05, 0) is 43.3 Å². The van der Waals surface area contributed by atoms with Crippen molar-refractivity contribution in [1.82, 2.24) is 0 Å². The average molecular weight is 274 g/mol. The van der Waals surface area contributed by atoms with Gasteiger partial charge >= 0.3 is 6.80 Å². The van der Waals surface area contributed by atoms with Crippen LogP contribution in [0.15, 0.2) is 24.3 Å². The van der Waals surface area contributed by atoms with Crippen LogP contribution in [0, 0.1) is 6.92 Å². The fraction of sp³-hybridized carbons (Fsp3) is 0.500. The average Bonchev–Trinajstić information content (AvgIpc) is 2.29. The highest BCUT2D eigenvalue weighted by Gasteiger charge is 2.24. The van der Waals surface area contributed by atoms with Gasteiger partial charge in [0.05, 0.1) is 13.2 Å². The maximum atomic E-state index is 12.2. The number of hydrogen-bond acceptors (Lipinski definition) is 4. The molecule has 3 nitrogen and oxygen atoms in total. The second-order valence-electron chi connectivity index (χ2n) is 3.48. The monoisotopic (exact) mass is 274 g/mol. The molecule has 17 heavy (non-hydrogen) atoms. The van der Waals surface area contributed by atoms with Crippen molar-refractivity contribution < 1.29 is 13.6 Å². The molecular formula is C12H19O3PS. The molecule has 0 bridgehead atoms. The van der Waals surface area contributed by atoms with E-state index in [2.05, 4.69) is 0 Å². The van der Waals surface area contributed by atoms with E-state index >= 15 is 0 Å². The quantitative estimate of drug-likeness (QED) is 0.690. The first-order chi connectivity index (χ1) is 8.11. The van der Waals surface area contributed by atoms with Crippen LogP contribution in [0.4, 0.5) is 0 Å². The highest BCUT2D eigenvalue weighted by molar-refractivity contribution is 8.54. The van der Waals surface area contributed by atoms with Gasteiger partial charge in [-0.25, -0.2) is 4.57 Å². The topological polar surface area (TPSA) is 35.5 Å². The Hall–Kier alpha value is -0.280. The van der Waals surface area contributed by atoms with Crippen molar-refractivity contribution in [3.8, 4) is 0 Å². The molecule has 0 aromatic heterocycles. The molecule has 0 amide bonds. The molecule has 0 unspecified atom stereocenters. The van der Waals surface area contributed by atoms with E-state index in [1.54, 1.807) is 0 Å². The lowest BCUT2D eigenvalue weighted by atomic mass is 10.1. The van der Waals surface area contributed by atoms with Crippen LogP contribution in [0.5, 0.6) is 0 Å². The molecule has 0 aliphatic carbocycles. The molecule has 0 N–H and O–H groups in total. The van der Waals surface area contributed by atoms with Crippen molar-refractivity contribution in [1.29, 1.82) is 0 Å². The predicted octanol–water partition coefficient (Wildman–Crippen LogP) is 4.41. The van der Waals surface area contributed by atoms with Crippen molar-refractivity contribution in [2.24, 2.45) is 0 Å². The number of rotatable bonds is 7. The minimum Gasteiger partial charge on any atom is -0.301 e. The third-order valence-electron chi connectivity index (χ3n) is 2.21. The highest BCUT2D eigenvalue weighted by atomic mass is 32.7. The lowest BCUT2D eigenvalue weighted by Crippen LogP contribution is -1.93. The molecule has 1 aromatic rings. The summed E-state index contributed by atoms with van der Waals surface area (Å²) in [6.07, 6.45) is 0. The number of benzene rings is 1. The summed E-state index contributed by atoms with van der Waals surface area (Å²) in [6.45, 7) is 3.50. The molecule has 0 radical (unpaired) electrons. The molecule has 1 rings (SSSR count). The van der Waals surface area contributed by atoms with Crippen LogP contribution in [0.2, 0.25) is 0 Å². The number of aryl methyl sites for hydroxylation is 1. The van der Waals surface area contributed by atoms with E-state index in [-0.39, 0.29) is 0 Å². The van der Waals surface area contributed by atoms with Gasteiger partial charge in [0.15, 0.2) is 0 Å². The normalized spacial score (nSPS) is 11.7.